The quantitative estimate of drug-likeness (QED) is 0.685. The Balaban J connectivity index is 1.96. The zero-order valence-corrected chi connectivity index (χ0v) is 17.1. The van der Waals surface area contributed by atoms with Gasteiger partial charge in [-0.2, -0.15) is 0 Å². The summed E-state index contributed by atoms with van der Waals surface area (Å²) in [5.41, 5.74) is 2.32. The van der Waals surface area contributed by atoms with Crippen LogP contribution in [0.1, 0.15) is 44.7 Å². The number of likely N-dealkylation sites (tertiary alicyclic amines) is 1. The van der Waals surface area contributed by atoms with Crippen LogP contribution in [0.4, 0.5) is 5.69 Å². The van der Waals surface area contributed by atoms with E-state index in [2.05, 4.69) is 58.5 Å². The highest BCUT2D eigenvalue weighted by molar-refractivity contribution is 6.35. The van der Waals surface area contributed by atoms with Gasteiger partial charge in [-0.15, -0.1) is 0 Å². The first-order valence-electron chi connectivity index (χ1n) is 9.96. The number of nitrogens with zero attached hydrogens (tertiary/aromatic N) is 2. The summed E-state index contributed by atoms with van der Waals surface area (Å²) in [6.07, 6.45) is 3.22. The van der Waals surface area contributed by atoms with Gasteiger partial charge in [0, 0.05) is 32.9 Å². The summed E-state index contributed by atoms with van der Waals surface area (Å²) in [6.45, 7) is 7.21. The first kappa shape index (κ1) is 21.2. The van der Waals surface area contributed by atoms with Crippen LogP contribution in [0.15, 0.2) is 24.3 Å². The highest BCUT2D eigenvalue weighted by Crippen LogP contribution is 2.26. The second kappa shape index (κ2) is 10.3. The number of amides is 2. The maximum absolute atomic E-state index is 12.2. The van der Waals surface area contributed by atoms with Gasteiger partial charge in [-0.05, 0) is 56.0 Å². The molecule has 0 unspecified atom stereocenters. The maximum Gasteiger partial charge on any atom is 0.309 e. The van der Waals surface area contributed by atoms with Crippen molar-refractivity contribution in [1.82, 2.24) is 15.5 Å². The summed E-state index contributed by atoms with van der Waals surface area (Å²) < 4.78 is 0. The minimum absolute atomic E-state index is 0.0936. The molecule has 1 aliphatic heterocycles. The molecule has 2 rings (SSSR count). The number of benzene rings is 1. The number of hydrogen-bond donors (Lipinski definition) is 2. The summed E-state index contributed by atoms with van der Waals surface area (Å²) in [6, 6.07) is 8.52. The van der Waals surface area contributed by atoms with E-state index >= 15 is 0 Å². The predicted octanol–water partition coefficient (Wildman–Crippen LogP) is 2.17. The fraction of sp³-hybridized carbons (Fsp3) is 0.619. The summed E-state index contributed by atoms with van der Waals surface area (Å²) in [4.78, 5) is 28.6. The molecule has 2 N–H and O–H groups in total. The largest absolute Gasteiger partial charge is 0.378 e. The molecule has 6 heteroatoms. The van der Waals surface area contributed by atoms with Gasteiger partial charge in [-0.3, -0.25) is 14.5 Å². The smallest absolute Gasteiger partial charge is 0.309 e. The van der Waals surface area contributed by atoms with Crippen LogP contribution in [0.3, 0.4) is 0 Å². The second-order valence-corrected chi connectivity index (χ2v) is 7.89. The van der Waals surface area contributed by atoms with Crippen molar-refractivity contribution in [2.75, 3.05) is 45.2 Å². The topological polar surface area (TPSA) is 64.7 Å². The Labute approximate surface area is 163 Å². The third-order valence-corrected chi connectivity index (χ3v) is 5.05. The van der Waals surface area contributed by atoms with E-state index in [-0.39, 0.29) is 6.04 Å². The normalized spacial score (nSPS) is 15.6. The van der Waals surface area contributed by atoms with E-state index in [0.29, 0.717) is 19.0 Å². The third kappa shape index (κ3) is 6.54. The Morgan fingerprint density at radius 3 is 2.19 bits per heavy atom. The van der Waals surface area contributed by atoms with Crippen molar-refractivity contribution in [3.63, 3.8) is 0 Å². The zero-order valence-electron chi connectivity index (χ0n) is 17.1. The molecule has 0 bridgehead atoms. The molecule has 2 amide bonds. The van der Waals surface area contributed by atoms with Crippen molar-refractivity contribution in [2.45, 2.75) is 39.2 Å². The van der Waals surface area contributed by atoms with Gasteiger partial charge in [0.2, 0.25) is 0 Å². The van der Waals surface area contributed by atoms with Crippen molar-refractivity contribution in [3.8, 4) is 0 Å². The van der Waals surface area contributed by atoms with Gasteiger partial charge in [0.25, 0.3) is 0 Å². The Kier molecular flexibility index (Phi) is 8.10. The zero-order chi connectivity index (χ0) is 19.8. The van der Waals surface area contributed by atoms with E-state index in [0.717, 1.165) is 25.2 Å². The SMILES string of the molecule is CC(C)CCNC(=O)C(=O)NC[C@H](c1ccc(N(C)C)cc1)N1CCCC1. The fourth-order valence-electron chi connectivity index (χ4n) is 3.33. The molecule has 1 heterocycles. The summed E-state index contributed by atoms with van der Waals surface area (Å²) >= 11 is 0. The second-order valence-electron chi connectivity index (χ2n) is 7.89. The standard InChI is InChI=1S/C21H34N4O2/c1-16(2)11-12-22-20(26)21(27)23-15-19(25-13-5-6-14-25)17-7-9-18(10-8-17)24(3)4/h7-10,16,19H,5-6,11-15H2,1-4H3,(H,22,26)(H,23,27)/t19-/m1/s1. The molecular formula is C21H34N4O2. The molecule has 1 aromatic carbocycles. The highest BCUT2D eigenvalue weighted by atomic mass is 16.2. The van der Waals surface area contributed by atoms with Crippen LogP contribution >= 0.6 is 0 Å². The molecule has 1 saturated heterocycles. The number of hydrogen-bond acceptors (Lipinski definition) is 4. The molecule has 1 atom stereocenters. The maximum atomic E-state index is 12.2. The lowest BCUT2D eigenvalue weighted by Gasteiger charge is -2.28. The first-order chi connectivity index (χ1) is 12.9. The van der Waals surface area contributed by atoms with Crippen LogP contribution in [0.5, 0.6) is 0 Å². The van der Waals surface area contributed by atoms with Crippen molar-refractivity contribution < 1.29 is 9.59 Å². The summed E-state index contributed by atoms with van der Waals surface area (Å²) in [5.74, 6) is -0.593. The average Bonchev–Trinajstić information content (AvgIpc) is 3.16. The first-order valence-corrected chi connectivity index (χ1v) is 9.96. The molecule has 1 fully saturated rings. The molecule has 1 aromatic rings. The minimum atomic E-state index is -0.548. The molecular weight excluding hydrogens is 340 g/mol. The molecule has 0 aromatic heterocycles. The van der Waals surface area contributed by atoms with Gasteiger partial charge >= 0.3 is 11.8 Å². The van der Waals surface area contributed by atoms with Gasteiger partial charge < -0.3 is 15.5 Å². The number of rotatable bonds is 8. The van der Waals surface area contributed by atoms with Crippen LogP contribution in [0, 0.1) is 5.92 Å². The van der Waals surface area contributed by atoms with E-state index < -0.39 is 11.8 Å². The number of carbonyl (C=O) groups is 2. The predicted molar refractivity (Wildman–Crippen MR) is 110 cm³/mol. The van der Waals surface area contributed by atoms with Crippen molar-refractivity contribution in [1.29, 1.82) is 0 Å². The van der Waals surface area contributed by atoms with Crippen LogP contribution in [0.25, 0.3) is 0 Å². The van der Waals surface area contributed by atoms with E-state index in [4.69, 9.17) is 0 Å². The lowest BCUT2D eigenvalue weighted by Crippen LogP contribution is -2.44. The van der Waals surface area contributed by atoms with Crippen molar-refractivity contribution in [3.05, 3.63) is 29.8 Å². The van der Waals surface area contributed by atoms with Crippen LogP contribution < -0.4 is 15.5 Å². The lowest BCUT2D eigenvalue weighted by molar-refractivity contribution is -0.139. The molecule has 0 saturated carbocycles. The molecule has 1 aliphatic rings. The van der Waals surface area contributed by atoms with Gasteiger partial charge in [-0.1, -0.05) is 26.0 Å². The van der Waals surface area contributed by atoms with Crippen LogP contribution in [-0.2, 0) is 9.59 Å². The highest BCUT2D eigenvalue weighted by Gasteiger charge is 2.25. The van der Waals surface area contributed by atoms with Gasteiger partial charge in [-0.25, -0.2) is 0 Å². The van der Waals surface area contributed by atoms with Gasteiger partial charge in [0.1, 0.15) is 0 Å². The number of carbonyl (C=O) groups excluding carboxylic acids is 2. The van der Waals surface area contributed by atoms with E-state index in [1.165, 1.54) is 18.4 Å². The number of anilines is 1. The summed E-state index contributed by atoms with van der Waals surface area (Å²) in [7, 11) is 4.04. The Hall–Kier alpha value is -2.08. The Morgan fingerprint density at radius 2 is 1.63 bits per heavy atom. The van der Waals surface area contributed by atoms with E-state index in [9.17, 15) is 9.59 Å². The summed E-state index contributed by atoms with van der Waals surface area (Å²) in [5, 5.41) is 5.53. The lowest BCUT2D eigenvalue weighted by atomic mass is 10.0. The van der Waals surface area contributed by atoms with Crippen molar-refractivity contribution in [2.24, 2.45) is 5.92 Å². The fourth-order valence-corrected chi connectivity index (χ4v) is 3.33. The van der Waals surface area contributed by atoms with Crippen molar-refractivity contribution >= 4 is 17.5 Å². The minimum Gasteiger partial charge on any atom is -0.378 e. The monoisotopic (exact) mass is 374 g/mol. The van der Waals surface area contributed by atoms with Gasteiger partial charge in [0.05, 0.1) is 6.04 Å². The van der Waals surface area contributed by atoms with Crippen LogP contribution in [0.2, 0.25) is 0 Å². The Morgan fingerprint density at radius 1 is 1.04 bits per heavy atom. The number of nitrogens with one attached hydrogen (secondary N) is 2. The molecule has 0 aliphatic carbocycles. The van der Waals surface area contributed by atoms with E-state index in [1.54, 1.807) is 0 Å². The molecule has 150 valence electrons. The third-order valence-electron chi connectivity index (χ3n) is 5.05. The average molecular weight is 375 g/mol. The molecule has 27 heavy (non-hydrogen) atoms. The van der Waals surface area contributed by atoms with E-state index in [1.807, 2.05) is 14.1 Å². The van der Waals surface area contributed by atoms with Gasteiger partial charge in [0.15, 0.2) is 0 Å². The molecule has 0 spiro atoms. The Bertz CT molecular complexity index is 607. The molecule has 6 nitrogen and oxygen atoms in total. The molecule has 0 radical (unpaired) electrons. The van der Waals surface area contributed by atoms with Crippen LogP contribution in [-0.4, -0.2) is 57.0 Å².